The van der Waals surface area contributed by atoms with Gasteiger partial charge < -0.3 is 10.2 Å². The van der Waals surface area contributed by atoms with Crippen molar-refractivity contribution >= 4 is 28.4 Å². The molecule has 9 heteroatoms. The highest BCUT2D eigenvalue weighted by Crippen LogP contribution is 2.19. The first kappa shape index (κ1) is 21.4. The fraction of sp³-hybridized carbons (Fsp3) is 0.250. The van der Waals surface area contributed by atoms with Crippen LogP contribution in [0.3, 0.4) is 0 Å². The summed E-state index contributed by atoms with van der Waals surface area (Å²) in [6, 6.07) is 21.8. The lowest BCUT2D eigenvalue weighted by Crippen LogP contribution is -2.51. The summed E-state index contributed by atoms with van der Waals surface area (Å²) in [6.07, 6.45) is 0. The molecule has 8 nitrogen and oxygen atoms in total. The van der Waals surface area contributed by atoms with Crippen LogP contribution in [0.25, 0.3) is 16.5 Å². The van der Waals surface area contributed by atoms with Gasteiger partial charge in [-0.3, -0.25) is 4.90 Å². The molecule has 1 saturated heterocycles. The van der Waals surface area contributed by atoms with Crippen LogP contribution in [0.5, 0.6) is 0 Å². The third-order valence-electron chi connectivity index (χ3n) is 5.94. The number of benzene rings is 3. The quantitative estimate of drug-likeness (QED) is 0.492. The Balaban J connectivity index is 1.15. The second-order valence-corrected chi connectivity index (χ2v) is 8.48. The van der Waals surface area contributed by atoms with Gasteiger partial charge in [0.2, 0.25) is 0 Å². The second kappa shape index (κ2) is 9.56. The van der Waals surface area contributed by atoms with E-state index in [4.69, 9.17) is 11.6 Å². The second-order valence-electron chi connectivity index (χ2n) is 8.04. The smallest absolute Gasteiger partial charge is 0.317 e. The van der Waals surface area contributed by atoms with E-state index >= 15 is 0 Å². The van der Waals surface area contributed by atoms with Gasteiger partial charge in [-0.1, -0.05) is 54.1 Å². The van der Waals surface area contributed by atoms with E-state index in [1.54, 1.807) is 4.68 Å². The van der Waals surface area contributed by atoms with Crippen molar-refractivity contribution in [2.75, 3.05) is 26.2 Å². The molecule has 33 heavy (non-hydrogen) atoms. The highest BCUT2D eigenvalue weighted by Gasteiger charge is 2.23. The van der Waals surface area contributed by atoms with Gasteiger partial charge in [-0.15, -0.1) is 5.10 Å². The van der Waals surface area contributed by atoms with Crippen molar-refractivity contribution in [3.8, 4) is 5.69 Å². The molecule has 0 aliphatic carbocycles. The van der Waals surface area contributed by atoms with Crippen LogP contribution in [0.15, 0.2) is 66.7 Å². The van der Waals surface area contributed by atoms with E-state index in [2.05, 4.69) is 50.0 Å². The average molecular weight is 462 g/mol. The molecule has 1 aromatic heterocycles. The molecule has 0 spiro atoms. The van der Waals surface area contributed by atoms with Gasteiger partial charge in [0, 0.05) is 37.7 Å². The van der Waals surface area contributed by atoms with Crippen LogP contribution < -0.4 is 5.32 Å². The Morgan fingerprint density at radius 1 is 0.939 bits per heavy atom. The van der Waals surface area contributed by atoms with Gasteiger partial charge in [0.25, 0.3) is 0 Å². The zero-order valence-corrected chi connectivity index (χ0v) is 18.8. The van der Waals surface area contributed by atoms with E-state index in [1.165, 1.54) is 10.8 Å². The summed E-state index contributed by atoms with van der Waals surface area (Å²) in [4.78, 5) is 16.9. The minimum atomic E-state index is -0.0337. The molecule has 1 fully saturated rings. The summed E-state index contributed by atoms with van der Waals surface area (Å²) in [5.74, 6) is 0.756. The predicted molar refractivity (Wildman–Crippen MR) is 127 cm³/mol. The Hall–Kier alpha value is -3.49. The van der Waals surface area contributed by atoms with Crippen molar-refractivity contribution in [1.82, 2.24) is 35.3 Å². The van der Waals surface area contributed by atoms with Gasteiger partial charge in [-0.2, -0.15) is 4.68 Å². The van der Waals surface area contributed by atoms with E-state index in [-0.39, 0.29) is 6.03 Å². The maximum absolute atomic E-state index is 12.7. The lowest BCUT2D eigenvalue weighted by atomic mass is 10.0. The number of nitrogens with zero attached hydrogens (tertiary/aromatic N) is 6. The minimum absolute atomic E-state index is 0.0337. The van der Waals surface area contributed by atoms with Crippen LogP contribution in [0, 0.1) is 0 Å². The molecule has 4 aromatic rings. The number of hydrogen-bond acceptors (Lipinski definition) is 5. The molecule has 0 saturated carbocycles. The van der Waals surface area contributed by atoms with E-state index < -0.39 is 0 Å². The maximum atomic E-state index is 12.7. The van der Waals surface area contributed by atoms with Crippen LogP contribution in [0.2, 0.25) is 5.02 Å². The van der Waals surface area contributed by atoms with Crippen LogP contribution in [-0.4, -0.2) is 62.2 Å². The number of piperazine rings is 1. The summed E-state index contributed by atoms with van der Waals surface area (Å²) >= 11 is 5.98. The molecule has 0 bridgehead atoms. The topological polar surface area (TPSA) is 79.2 Å². The monoisotopic (exact) mass is 461 g/mol. The molecule has 3 aromatic carbocycles. The van der Waals surface area contributed by atoms with Crippen molar-refractivity contribution in [1.29, 1.82) is 0 Å². The summed E-state index contributed by atoms with van der Waals surface area (Å²) in [5, 5.41) is 18.2. The van der Waals surface area contributed by atoms with Crippen LogP contribution in [-0.2, 0) is 13.1 Å². The number of fused-ring (bicyclic) bond motifs is 1. The third kappa shape index (κ3) is 4.81. The largest absolute Gasteiger partial charge is 0.334 e. The Morgan fingerprint density at radius 3 is 2.52 bits per heavy atom. The normalized spacial score (nSPS) is 14.5. The van der Waals surface area contributed by atoms with Crippen LogP contribution in [0.4, 0.5) is 4.79 Å². The van der Waals surface area contributed by atoms with Crippen molar-refractivity contribution < 1.29 is 4.79 Å². The van der Waals surface area contributed by atoms with E-state index in [9.17, 15) is 4.79 Å². The summed E-state index contributed by atoms with van der Waals surface area (Å²) in [7, 11) is 0. The van der Waals surface area contributed by atoms with Crippen molar-refractivity contribution in [2.24, 2.45) is 0 Å². The Bertz CT molecular complexity index is 1240. The maximum Gasteiger partial charge on any atom is 0.317 e. The molecule has 0 radical (unpaired) electrons. The Morgan fingerprint density at radius 2 is 1.70 bits per heavy atom. The summed E-state index contributed by atoms with van der Waals surface area (Å²) in [6.45, 7) is 3.95. The fourth-order valence-electron chi connectivity index (χ4n) is 4.13. The van der Waals surface area contributed by atoms with E-state index in [1.807, 2.05) is 47.4 Å². The SMILES string of the molecule is O=C(NCc1cccc2ccccc12)N1CCN(Cc2nnnn2-c2ccc(Cl)cc2)CC1. The molecule has 2 heterocycles. The molecule has 0 unspecified atom stereocenters. The number of halogens is 1. The van der Waals surface area contributed by atoms with Gasteiger partial charge in [0.05, 0.1) is 12.2 Å². The molecular weight excluding hydrogens is 438 g/mol. The van der Waals surface area contributed by atoms with Gasteiger partial charge >= 0.3 is 6.03 Å². The third-order valence-corrected chi connectivity index (χ3v) is 6.19. The van der Waals surface area contributed by atoms with Crippen molar-refractivity contribution in [3.63, 3.8) is 0 Å². The van der Waals surface area contributed by atoms with Gasteiger partial charge in [-0.05, 0) is 51.0 Å². The number of hydrogen-bond donors (Lipinski definition) is 1. The Labute approximate surface area is 196 Å². The van der Waals surface area contributed by atoms with Crippen molar-refractivity contribution in [2.45, 2.75) is 13.1 Å². The molecule has 5 rings (SSSR count). The molecule has 168 valence electrons. The lowest BCUT2D eigenvalue weighted by Gasteiger charge is -2.34. The van der Waals surface area contributed by atoms with Gasteiger partial charge in [-0.25, -0.2) is 4.79 Å². The lowest BCUT2D eigenvalue weighted by molar-refractivity contribution is 0.133. The first-order valence-electron chi connectivity index (χ1n) is 10.9. The number of carbonyl (C=O) groups is 1. The minimum Gasteiger partial charge on any atom is -0.334 e. The zero-order valence-electron chi connectivity index (χ0n) is 18.1. The predicted octanol–water partition coefficient (Wildman–Crippen LogP) is 3.50. The molecule has 2 amide bonds. The molecule has 0 atom stereocenters. The summed E-state index contributed by atoms with van der Waals surface area (Å²) in [5.41, 5.74) is 1.99. The molecule has 1 aliphatic heterocycles. The fourth-order valence-corrected chi connectivity index (χ4v) is 4.25. The molecule has 1 N–H and O–H groups in total. The standard InChI is InChI=1S/C24H24ClN7O/c25-20-8-10-21(11-9-20)32-23(27-28-29-32)17-30-12-14-31(15-13-30)24(33)26-16-19-6-3-5-18-4-1-2-7-22(18)19/h1-11H,12-17H2,(H,26,33). The van der Waals surface area contributed by atoms with Gasteiger partial charge in [0.15, 0.2) is 5.82 Å². The number of aromatic nitrogens is 4. The number of nitrogens with one attached hydrogen (secondary N) is 1. The highest BCUT2D eigenvalue weighted by atomic mass is 35.5. The molecule has 1 aliphatic rings. The number of amides is 2. The Kier molecular flexibility index (Phi) is 6.19. The van der Waals surface area contributed by atoms with E-state index in [0.29, 0.717) is 31.2 Å². The average Bonchev–Trinajstić information content (AvgIpc) is 3.31. The molecular formula is C24H24ClN7O. The number of rotatable bonds is 5. The van der Waals surface area contributed by atoms with Gasteiger partial charge in [0.1, 0.15) is 0 Å². The van der Waals surface area contributed by atoms with Crippen LogP contribution >= 0.6 is 11.6 Å². The first-order chi connectivity index (χ1) is 16.2. The number of urea groups is 1. The van der Waals surface area contributed by atoms with E-state index in [0.717, 1.165) is 30.2 Å². The number of tetrazole rings is 1. The summed E-state index contributed by atoms with van der Waals surface area (Å²) < 4.78 is 1.72. The highest BCUT2D eigenvalue weighted by molar-refractivity contribution is 6.30. The first-order valence-corrected chi connectivity index (χ1v) is 11.3. The zero-order chi connectivity index (χ0) is 22.6. The van der Waals surface area contributed by atoms with Crippen LogP contribution in [0.1, 0.15) is 11.4 Å². The number of carbonyl (C=O) groups excluding carboxylic acids is 1. The van der Waals surface area contributed by atoms with Crippen molar-refractivity contribution in [3.05, 3.63) is 83.1 Å².